The lowest BCUT2D eigenvalue weighted by Crippen LogP contribution is -2.13. The Morgan fingerprint density at radius 2 is 1.53 bits per heavy atom. The smallest absolute Gasteiger partial charge is 0.305 e. The third-order valence-electron chi connectivity index (χ3n) is 3.76. The van der Waals surface area contributed by atoms with E-state index >= 15 is 0 Å². The van der Waals surface area contributed by atoms with E-state index in [1.54, 1.807) is 0 Å². The fourth-order valence-electron chi connectivity index (χ4n) is 2.22. The highest BCUT2D eigenvalue weighted by Crippen LogP contribution is 2.16. The molecular weight excluding hydrogens is 236 g/mol. The summed E-state index contributed by atoms with van der Waals surface area (Å²) in [5.74, 6) is 0.556. The van der Waals surface area contributed by atoms with Crippen LogP contribution in [-0.2, 0) is 9.53 Å². The molecule has 0 spiro atoms. The van der Waals surface area contributed by atoms with E-state index in [-0.39, 0.29) is 5.97 Å². The monoisotopic (exact) mass is 270 g/mol. The lowest BCUT2D eigenvalue weighted by Gasteiger charge is -2.15. The van der Waals surface area contributed by atoms with Gasteiger partial charge in [0.05, 0.1) is 6.61 Å². The summed E-state index contributed by atoms with van der Waals surface area (Å²) < 4.78 is 5.35. The SMILES string of the molecule is CCCCCCCCC(CC)COC(=O)CCCC. The molecule has 0 rings (SSSR count). The molecule has 0 heterocycles. The zero-order chi connectivity index (χ0) is 14.3. The summed E-state index contributed by atoms with van der Waals surface area (Å²) in [5.41, 5.74) is 0. The minimum atomic E-state index is -0.0109. The molecule has 0 saturated heterocycles. The number of carbonyl (C=O) groups is 1. The van der Waals surface area contributed by atoms with Crippen molar-refractivity contribution in [1.29, 1.82) is 0 Å². The molecule has 0 aliphatic carbocycles. The van der Waals surface area contributed by atoms with Crippen LogP contribution in [-0.4, -0.2) is 12.6 Å². The van der Waals surface area contributed by atoms with Crippen LogP contribution >= 0.6 is 0 Å². The van der Waals surface area contributed by atoms with Crippen LogP contribution in [0.1, 0.15) is 91.4 Å². The Hall–Kier alpha value is -0.530. The Morgan fingerprint density at radius 1 is 0.895 bits per heavy atom. The first-order valence-electron chi connectivity index (χ1n) is 8.40. The number of unbranched alkanes of at least 4 members (excludes halogenated alkanes) is 6. The standard InChI is InChI=1S/C17H34O2/c1-4-7-9-10-11-12-13-16(6-3)15-19-17(18)14-8-5-2/h16H,4-15H2,1-3H3. The third-order valence-corrected chi connectivity index (χ3v) is 3.76. The van der Waals surface area contributed by atoms with Crippen LogP contribution in [0.15, 0.2) is 0 Å². The van der Waals surface area contributed by atoms with Gasteiger partial charge in [-0.25, -0.2) is 0 Å². The number of carbonyl (C=O) groups excluding carboxylic acids is 1. The van der Waals surface area contributed by atoms with Crippen molar-refractivity contribution in [3.8, 4) is 0 Å². The quantitative estimate of drug-likeness (QED) is 0.326. The van der Waals surface area contributed by atoms with Gasteiger partial charge in [-0.3, -0.25) is 4.79 Å². The molecule has 0 aromatic rings. The topological polar surface area (TPSA) is 26.3 Å². The van der Waals surface area contributed by atoms with E-state index in [0.29, 0.717) is 18.9 Å². The van der Waals surface area contributed by atoms with E-state index in [1.807, 2.05) is 0 Å². The molecule has 0 aliphatic heterocycles. The number of rotatable bonds is 13. The van der Waals surface area contributed by atoms with Crippen LogP contribution in [0.3, 0.4) is 0 Å². The van der Waals surface area contributed by atoms with E-state index in [9.17, 15) is 4.79 Å². The lowest BCUT2D eigenvalue weighted by atomic mass is 9.98. The maximum absolute atomic E-state index is 11.4. The van der Waals surface area contributed by atoms with Crippen molar-refractivity contribution < 1.29 is 9.53 Å². The first-order chi connectivity index (χ1) is 9.24. The van der Waals surface area contributed by atoms with Crippen molar-refractivity contribution in [2.24, 2.45) is 5.92 Å². The minimum absolute atomic E-state index is 0.0109. The Labute approximate surface area is 120 Å². The van der Waals surface area contributed by atoms with Gasteiger partial charge in [0, 0.05) is 6.42 Å². The first kappa shape index (κ1) is 18.5. The number of esters is 1. The Kier molecular flexibility index (Phi) is 13.5. The molecule has 19 heavy (non-hydrogen) atoms. The maximum atomic E-state index is 11.4. The van der Waals surface area contributed by atoms with Crippen LogP contribution in [0.2, 0.25) is 0 Å². The molecule has 0 aromatic carbocycles. The number of hydrogen-bond donors (Lipinski definition) is 0. The number of hydrogen-bond acceptors (Lipinski definition) is 2. The highest BCUT2D eigenvalue weighted by Gasteiger charge is 2.09. The molecule has 0 aliphatic rings. The Morgan fingerprint density at radius 3 is 2.16 bits per heavy atom. The van der Waals surface area contributed by atoms with Crippen molar-refractivity contribution in [3.05, 3.63) is 0 Å². The predicted octanol–water partition coefficient (Wildman–Crippen LogP) is 5.50. The van der Waals surface area contributed by atoms with Gasteiger partial charge < -0.3 is 4.74 Å². The fraction of sp³-hybridized carbons (Fsp3) is 0.941. The second-order valence-corrected chi connectivity index (χ2v) is 5.62. The fourth-order valence-corrected chi connectivity index (χ4v) is 2.22. The summed E-state index contributed by atoms with van der Waals surface area (Å²) in [6, 6.07) is 0. The molecule has 0 fully saturated rings. The average molecular weight is 270 g/mol. The molecule has 1 unspecified atom stereocenters. The second-order valence-electron chi connectivity index (χ2n) is 5.62. The van der Waals surface area contributed by atoms with Gasteiger partial charge in [-0.15, -0.1) is 0 Å². The van der Waals surface area contributed by atoms with E-state index in [1.165, 1.54) is 44.9 Å². The molecule has 0 amide bonds. The van der Waals surface area contributed by atoms with Crippen molar-refractivity contribution in [1.82, 2.24) is 0 Å². The largest absolute Gasteiger partial charge is 0.465 e. The van der Waals surface area contributed by atoms with Crippen molar-refractivity contribution in [3.63, 3.8) is 0 Å². The maximum Gasteiger partial charge on any atom is 0.305 e. The third kappa shape index (κ3) is 12.3. The first-order valence-corrected chi connectivity index (χ1v) is 8.40. The summed E-state index contributed by atoms with van der Waals surface area (Å²) >= 11 is 0. The van der Waals surface area contributed by atoms with Crippen molar-refractivity contribution in [2.45, 2.75) is 91.4 Å². The lowest BCUT2D eigenvalue weighted by molar-refractivity contribution is -0.145. The molecule has 0 aromatic heterocycles. The van der Waals surface area contributed by atoms with Gasteiger partial charge in [0.25, 0.3) is 0 Å². The highest BCUT2D eigenvalue weighted by atomic mass is 16.5. The Bertz CT molecular complexity index is 201. The molecule has 1 atom stereocenters. The van der Waals surface area contributed by atoms with Gasteiger partial charge in [0.15, 0.2) is 0 Å². The van der Waals surface area contributed by atoms with Crippen LogP contribution in [0.5, 0.6) is 0 Å². The predicted molar refractivity (Wildman–Crippen MR) is 82.3 cm³/mol. The van der Waals surface area contributed by atoms with Gasteiger partial charge in [0.2, 0.25) is 0 Å². The highest BCUT2D eigenvalue weighted by molar-refractivity contribution is 5.69. The summed E-state index contributed by atoms with van der Waals surface area (Å²) in [7, 11) is 0. The molecule has 0 saturated carbocycles. The second kappa shape index (κ2) is 13.9. The van der Waals surface area contributed by atoms with Gasteiger partial charge in [-0.2, -0.15) is 0 Å². The van der Waals surface area contributed by atoms with Crippen LogP contribution in [0.25, 0.3) is 0 Å². The van der Waals surface area contributed by atoms with Crippen LogP contribution in [0, 0.1) is 5.92 Å². The van der Waals surface area contributed by atoms with E-state index < -0.39 is 0 Å². The summed E-state index contributed by atoms with van der Waals surface area (Å²) in [5, 5.41) is 0. The minimum Gasteiger partial charge on any atom is -0.465 e. The summed E-state index contributed by atoms with van der Waals surface area (Å²) in [6.45, 7) is 7.18. The summed E-state index contributed by atoms with van der Waals surface area (Å²) in [4.78, 5) is 11.4. The zero-order valence-electron chi connectivity index (χ0n) is 13.4. The molecule has 114 valence electrons. The normalized spacial score (nSPS) is 12.4. The number of ether oxygens (including phenoxy) is 1. The molecule has 0 N–H and O–H groups in total. The van der Waals surface area contributed by atoms with Crippen molar-refractivity contribution >= 4 is 5.97 Å². The molecule has 0 bridgehead atoms. The van der Waals surface area contributed by atoms with Crippen LogP contribution < -0.4 is 0 Å². The molecule has 2 nitrogen and oxygen atoms in total. The van der Waals surface area contributed by atoms with E-state index in [2.05, 4.69) is 20.8 Å². The Balaban J connectivity index is 3.51. The van der Waals surface area contributed by atoms with Gasteiger partial charge in [-0.05, 0) is 18.8 Å². The van der Waals surface area contributed by atoms with Crippen LogP contribution in [0.4, 0.5) is 0 Å². The molecular formula is C17H34O2. The van der Waals surface area contributed by atoms with Gasteiger partial charge in [0.1, 0.15) is 0 Å². The zero-order valence-corrected chi connectivity index (χ0v) is 13.4. The van der Waals surface area contributed by atoms with Crippen molar-refractivity contribution in [2.75, 3.05) is 6.61 Å². The van der Waals surface area contributed by atoms with E-state index in [4.69, 9.17) is 4.74 Å². The van der Waals surface area contributed by atoms with Gasteiger partial charge >= 0.3 is 5.97 Å². The van der Waals surface area contributed by atoms with Gasteiger partial charge in [-0.1, -0.05) is 72.1 Å². The summed E-state index contributed by atoms with van der Waals surface area (Å²) in [6.07, 6.45) is 13.0. The molecule has 2 heteroatoms. The average Bonchev–Trinajstić information content (AvgIpc) is 2.43. The molecule has 0 radical (unpaired) electrons. The van der Waals surface area contributed by atoms with E-state index in [0.717, 1.165) is 19.3 Å².